The van der Waals surface area contributed by atoms with Gasteiger partial charge in [0.25, 0.3) is 0 Å². The van der Waals surface area contributed by atoms with Gasteiger partial charge >= 0.3 is 0 Å². The number of hydrogen-bond acceptors (Lipinski definition) is 3. The van der Waals surface area contributed by atoms with E-state index in [0.717, 1.165) is 13.0 Å². The van der Waals surface area contributed by atoms with Gasteiger partial charge in [-0.2, -0.15) is 0 Å². The van der Waals surface area contributed by atoms with Crippen LogP contribution in [0.5, 0.6) is 0 Å². The van der Waals surface area contributed by atoms with Crippen molar-refractivity contribution in [3.8, 4) is 0 Å². The van der Waals surface area contributed by atoms with Gasteiger partial charge in [-0.3, -0.25) is 0 Å². The Morgan fingerprint density at radius 3 is 2.77 bits per heavy atom. The molecule has 0 N–H and O–H groups in total. The Bertz CT molecular complexity index is 341. The van der Waals surface area contributed by atoms with Crippen LogP contribution in [0, 0.1) is 6.33 Å². The van der Waals surface area contributed by atoms with Crippen molar-refractivity contribution < 1.29 is 0 Å². The summed E-state index contributed by atoms with van der Waals surface area (Å²) in [5.74, 6) is 0. The largest absolute Gasteiger partial charge is 0.222 e. The average Bonchev–Trinajstić information content (AvgIpc) is 2.69. The third kappa shape index (κ3) is 2.11. The van der Waals surface area contributed by atoms with Gasteiger partial charge in [0.2, 0.25) is 6.33 Å². The Hall–Kier alpha value is -1.71. The van der Waals surface area contributed by atoms with Crippen molar-refractivity contribution in [2.45, 2.75) is 13.0 Å². The molecule has 0 saturated carbocycles. The van der Waals surface area contributed by atoms with E-state index >= 15 is 0 Å². The molecule has 1 radical (unpaired) electrons. The van der Waals surface area contributed by atoms with Crippen LogP contribution in [0.1, 0.15) is 5.56 Å². The van der Waals surface area contributed by atoms with Gasteiger partial charge in [-0.25, -0.2) is 4.68 Å². The Morgan fingerprint density at radius 1 is 1.23 bits per heavy atom. The van der Waals surface area contributed by atoms with Crippen LogP contribution in [0.15, 0.2) is 30.3 Å². The van der Waals surface area contributed by atoms with Crippen molar-refractivity contribution in [2.75, 3.05) is 0 Å². The first kappa shape index (κ1) is 7.91. The molecule has 4 nitrogen and oxygen atoms in total. The van der Waals surface area contributed by atoms with E-state index in [2.05, 4.69) is 34.0 Å². The molecule has 0 amide bonds. The Morgan fingerprint density at radius 2 is 2.08 bits per heavy atom. The Balaban J connectivity index is 1.94. The van der Waals surface area contributed by atoms with E-state index in [9.17, 15) is 0 Å². The van der Waals surface area contributed by atoms with Gasteiger partial charge in [0.05, 0.1) is 0 Å². The van der Waals surface area contributed by atoms with E-state index in [1.165, 1.54) is 5.56 Å². The lowest BCUT2D eigenvalue weighted by molar-refractivity contribution is 0.585. The van der Waals surface area contributed by atoms with E-state index in [0.29, 0.717) is 0 Å². The van der Waals surface area contributed by atoms with E-state index in [4.69, 9.17) is 0 Å². The Kier molecular flexibility index (Phi) is 2.31. The molecule has 2 rings (SSSR count). The molecule has 4 heteroatoms. The molecule has 2 aromatic rings. The van der Waals surface area contributed by atoms with Gasteiger partial charge in [-0.1, -0.05) is 30.3 Å². The number of nitrogens with zero attached hydrogens (tertiary/aromatic N) is 4. The third-order valence-corrected chi connectivity index (χ3v) is 1.81. The van der Waals surface area contributed by atoms with Crippen molar-refractivity contribution in [3.05, 3.63) is 42.2 Å². The maximum atomic E-state index is 3.73. The minimum Gasteiger partial charge on any atom is -0.222 e. The van der Waals surface area contributed by atoms with Gasteiger partial charge in [0.15, 0.2) is 0 Å². The molecule has 0 fully saturated rings. The summed E-state index contributed by atoms with van der Waals surface area (Å²) in [7, 11) is 0. The predicted octanol–water partition coefficient (Wildman–Crippen LogP) is 0.716. The fourth-order valence-corrected chi connectivity index (χ4v) is 1.13. The molecule has 1 aromatic heterocycles. The highest BCUT2D eigenvalue weighted by atomic mass is 15.5. The maximum absolute atomic E-state index is 3.73. The smallest absolute Gasteiger partial charge is 0.221 e. The van der Waals surface area contributed by atoms with Crippen LogP contribution < -0.4 is 0 Å². The average molecular weight is 173 g/mol. The summed E-state index contributed by atoms with van der Waals surface area (Å²) in [6.07, 6.45) is 3.58. The van der Waals surface area contributed by atoms with Crippen molar-refractivity contribution in [1.29, 1.82) is 0 Å². The Labute approximate surface area is 76.2 Å². The van der Waals surface area contributed by atoms with E-state index < -0.39 is 0 Å². The van der Waals surface area contributed by atoms with Crippen molar-refractivity contribution in [1.82, 2.24) is 20.2 Å². The quantitative estimate of drug-likeness (QED) is 0.686. The molecule has 0 saturated heterocycles. The van der Waals surface area contributed by atoms with E-state index in [-0.39, 0.29) is 0 Å². The first-order chi connectivity index (χ1) is 6.45. The van der Waals surface area contributed by atoms with Crippen LogP contribution in [0.4, 0.5) is 0 Å². The highest BCUT2D eigenvalue weighted by Crippen LogP contribution is 1.99. The van der Waals surface area contributed by atoms with Gasteiger partial charge in [-0.05, 0) is 22.4 Å². The third-order valence-electron chi connectivity index (χ3n) is 1.81. The summed E-state index contributed by atoms with van der Waals surface area (Å²) in [5, 5.41) is 10.7. The van der Waals surface area contributed by atoms with E-state index in [1.807, 2.05) is 18.2 Å². The van der Waals surface area contributed by atoms with Gasteiger partial charge in [0, 0.05) is 6.54 Å². The second kappa shape index (κ2) is 3.80. The van der Waals surface area contributed by atoms with Gasteiger partial charge in [0.1, 0.15) is 0 Å². The fourth-order valence-electron chi connectivity index (χ4n) is 1.13. The van der Waals surface area contributed by atoms with Crippen molar-refractivity contribution >= 4 is 0 Å². The highest BCUT2D eigenvalue weighted by molar-refractivity contribution is 5.14. The van der Waals surface area contributed by atoms with Crippen molar-refractivity contribution in [3.63, 3.8) is 0 Å². The van der Waals surface area contributed by atoms with Crippen LogP contribution in [-0.4, -0.2) is 20.2 Å². The summed E-state index contributed by atoms with van der Waals surface area (Å²) >= 11 is 0. The lowest BCUT2D eigenvalue weighted by Crippen LogP contribution is -2.02. The first-order valence-corrected chi connectivity index (χ1v) is 4.13. The van der Waals surface area contributed by atoms with Crippen LogP contribution in [0.25, 0.3) is 0 Å². The molecule has 0 aliphatic heterocycles. The van der Waals surface area contributed by atoms with Crippen LogP contribution in [0.3, 0.4) is 0 Å². The van der Waals surface area contributed by atoms with Crippen molar-refractivity contribution in [2.24, 2.45) is 0 Å². The van der Waals surface area contributed by atoms with Crippen LogP contribution >= 0.6 is 0 Å². The monoisotopic (exact) mass is 173 g/mol. The van der Waals surface area contributed by atoms with Gasteiger partial charge in [-0.15, -0.1) is 5.10 Å². The predicted molar refractivity (Wildman–Crippen MR) is 46.8 cm³/mol. The van der Waals surface area contributed by atoms with Crippen LogP contribution in [0.2, 0.25) is 0 Å². The molecule has 1 heterocycles. The molecule has 0 atom stereocenters. The van der Waals surface area contributed by atoms with E-state index in [1.54, 1.807) is 4.68 Å². The molecule has 1 aromatic carbocycles. The summed E-state index contributed by atoms with van der Waals surface area (Å²) in [6, 6.07) is 10.2. The number of rotatable bonds is 3. The summed E-state index contributed by atoms with van der Waals surface area (Å²) in [4.78, 5) is 0. The zero-order valence-corrected chi connectivity index (χ0v) is 7.09. The first-order valence-electron chi connectivity index (χ1n) is 4.13. The summed E-state index contributed by atoms with van der Waals surface area (Å²) in [5.41, 5.74) is 1.28. The number of hydrogen-bond donors (Lipinski definition) is 0. The van der Waals surface area contributed by atoms with Crippen LogP contribution in [-0.2, 0) is 13.0 Å². The normalized spacial score (nSPS) is 10.2. The highest BCUT2D eigenvalue weighted by Gasteiger charge is 1.94. The lowest BCUT2D eigenvalue weighted by atomic mass is 10.2. The zero-order chi connectivity index (χ0) is 8.93. The maximum Gasteiger partial charge on any atom is 0.221 e. The molecule has 13 heavy (non-hydrogen) atoms. The molecule has 65 valence electrons. The second-order valence-electron chi connectivity index (χ2n) is 2.74. The molecular formula is C9H9N4. The zero-order valence-electron chi connectivity index (χ0n) is 7.09. The molecule has 0 aliphatic rings. The topological polar surface area (TPSA) is 43.6 Å². The SMILES string of the molecule is [c]1nnnn1CCc1ccccc1. The minimum absolute atomic E-state index is 0.775. The second-order valence-corrected chi connectivity index (χ2v) is 2.74. The summed E-state index contributed by atoms with van der Waals surface area (Å²) in [6.45, 7) is 0.775. The standard InChI is InChI=1S/C9H9N4/c1-2-4-9(5-3-1)6-7-13-8-10-11-12-13/h1-5H,6-7H2. The summed E-state index contributed by atoms with van der Waals surface area (Å²) < 4.78 is 1.60. The number of benzene rings is 1. The fraction of sp³-hybridized carbons (Fsp3) is 0.222. The molecule has 0 aliphatic carbocycles. The number of aryl methyl sites for hydroxylation is 2. The number of tetrazole rings is 1. The lowest BCUT2D eigenvalue weighted by Gasteiger charge is -1.98. The molecule has 0 spiro atoms. The number of aromatic nitrogens is 4. The van der Waals surface area contributed by atoms with Gasteiger partial charge < -0.3 is 0 Å². The molecular weight excluding hydrogens is 164 g/mol. The molecule has 0 unspecified atom stereocenters. The molecule has 0 bridgehead atoms. The minimum atomic E-state index is 0.775.